The minimum atomic E-state index is -0.560. The smallest absolute Gasteiger partial charge is 0.267 e. The molecule has 2 aromatic carbocycles. The fourth-order valence-corrected chi connectivity index (χ4v) is 2.15. The second-order valence-corrected chi connectivity index (χ2v) is 4.96. The lowest BCUT2D eigenvalue weighted by Gasteiger charge is -2.07. The van der Waals surface area contributed by atoms with Gasteiger partial charge in [-0.3, -0.25) is 4.79 Å². The van der Waals surface area contributed by atoms with E-state index in [4.69, 9.17) is 10.5 Å². The van der Waals surface area contributed by atoms with Crippen LogP contribution in [0.1, 0.15) is 21.9 Å². The molecule has 0 spiro atoms. The molecule has 1 aromatic heterocycles. The number of para-hydroxylation sites is 1. The number of primary amides is 1. The molecule has 0 aliphatic heterocycles. The zero-order chi connectivity index (χ0) is 16.1. The van der Waals surface area contributed by atoms with E-state index in [-0.39, 0.29) is 5.69 Å². The van der Waals surface area contributed by atoms with Gasteiger partial charge in [0.05, 0.1) is 0 Å². The van der Waals surface area contributed by atoms with Gasteiger partial charge < -0.3 is 10.5 Å². The van der Waals surface area contributed by atoms with Crippen LogP contribution in [0.5, 0.6) is 11.5 Å². The molecule has 0 saturated heterocycles. The summed E-state index contributed by atoms with van der Waals surface area (Å²) in [6.45, 7) is 0. The summed E-state index contributed by atoms with van der Waals surface area (Å²) in [5.74, 6) is 1.49. The van der Waals surface area contributed by atoms with Gasteiger partial charge in [-0.1, -0.05) is 30.3 Å². The molecule has 3 aromatic rings. The molecule has 0 fully saturated rings. The Bertz CT molecular complexity index is 819. The predicted octanol–water partition coefficient (Wildman–Crippen LogP) is 2.96. The van der Waals surface area contributed by atoms with Crippen LogP contribution in [0.2, 0.25) is 0 Å². The van der Waals surface area contributed by atoms with Gasteiger partial charge in [-0.05, 0) is 35.9 Å². The maximum atomic E-state index is 11.2. The first-order valence-electron chi connectivity index (χ1n) is 7.14. The molecule has 0 bridgehead atoms. The van der Waals surface area contributed by atoms with Crippen LogP contribution in [-0.4, -0.2) is 15.9 Å². The van der Waals surface area contributed by atoms with Crippen LogP contribution >= 0.6 is 0 Å². The lowest BCUT2D eigenvalue weighted by molar-refractivity contribution is 0.0995. The van der Waals surface area contributed by atoms with Crippen molar-refractivity contribution in [2.24, 2.45) is 5.73 Å². The second-order valence-electron chi connectivity index (χ2n) is 4.96. The minimum Gasteiger partial charge on any atom is -0.457 e. The zero-order valence-corrected chi connectivity index (χ0v) is 12.3. The summed E-state index contributed by atoms with van der Waals surface area (Å²) in [6, 6.07) is 18.7. The second kappa shape index (κ2) is 6.70. The molecule has 5 nitrogen and oxygen atoms in total. The molecule has 0 saturated carbocycles. The van der Waals surface area contributed by atoms with E-state index in [0.29, 0.717) is 12.2 Å². The van der Waals surface area contributed by atoms with Gasteiger partial charge in [-0.25, -0.2) is 9.97 Å². The summed E-state index contributed by atoms with van der Waals surface area (Å²) in [5.41, 5.74) is 6.44. The van der Waals surface area contributed by atoms with E-state index in [9.17, 15) is 4.79 Å². The quantitative estimate of drug-likeness (QED) is 0.786. The summed E-state index contributed by atoms with van der Waals surface area (Å²) >= 11 is 0. The van der Waals surface area contributed by atoms with Gasteiger partial charge in [0.25, 0.3) is 5.91 Å². The number of carbonyl (C=O) groups excluding carboxylic acids is 1. The summed E-state index contributed by atoms with van der Waals surface area (Å²) < 4.78 is 5.80. The molecule has 2 N–H and O–H groups in total. The Hall–Kier alpha value is -3.21. The molecule has 23 heavy (non-hydrogen) atoms. The Kier molecular flexibility index (Phi) is 4.29. The highest BCUT2D eigenvalue weighted by Gasteiger charge is 2.06. The van der Waals surface area contributed by atoms with Crippen LogP contribution in [-0.2, 0) is 6.42 Å². The Morgan fingerprint density at radius 2 is 1.78 bits per heavy atom. The molecule has 0 aliphatic carbocycles. The third-order valence-electron chi connectivity index (χ3n) is 3.20. The summed E-state index contributed by atoms with van der Waals surface area (Å²) in [4.78, 5) is 19.5. The van der Waals surface area contributed by atoms with E-state index in [2.05, 4.69) is 9.97 Å². The highest BCUT2D eigenvalue weighted by Crippen LogP contribution is 2.22. The van der Waals surface area contributed by atoms with Crippen molar-refractivity contribution in [2.45, 2.75) is 6.42 Å². The fourth-order valence-electron chi connectivity index (χ4n) is 2.15. The molecule has 1 amide bonds. The van der Waals surface area contributed by atoms with Crippen molar-refractivity contribution in [2.75, 3.05) is 0 Å². The van der Waals surface area contributed by atoms with Gasteiger partial charge in [0.2, 0.25) is 0 Å². The maximum absolute atomic E-state index is 11.2. The number of nitrogens with two attached hydrogens (primary N) is 1. The van der Waals surface area contributed by atoms with E-state index < -0.39 is 5.91 Å². The standard InChI is InChI=1S/C18H15N3O2/c19-18(22)16-9-10-20-17(21-16)12-13-5-4-8-15(11-13)23-14-6-2-1-3-7-14/h1-11H,12H2,(H2,19,22). The van der Waals surface area contributed by atoms with Crippen molar-refractivity contribution in [1.82, 2.24) is 9.97 Å². The van der Waals surface area contributed by atoms with Gasteiger partial charge >= 0.3 is 0 Å². The first-order valence-corrected chi connectivity index (χ1v) is 7.14. The number of carbonyl (C=O) groups is 1. The van der Waals surface area contributed by atoms with E-state index >= 15 is 0 Å². The topological polar surface area (TPSA) is 78.1 Å². The van der Waals surface area contributed by atoms with Crippen LogP contribution in [0.25, 0.3) is 0 Å². The number of hydrogen-bond acceptors (Lipinski definition) is 4. The SMILES string of the molecule is NC(=O)c1ccnc(Cc2cccc(Oc3ccccc3)c2)n1. The largest absolute Gasteiger partial charge is 0.457 e. The number of benzene rings is 2. The number of amides is 1. The highest BCUT2D eigenvalue weighted by atomic mass is 16.5. The van der Waals surface area contributed by atoms with E-state index in [1.54, 1.807) is 0 Å². The molecule has 0 atom stereocenters. The van der Waals surface area contributed by atoms with Crippen LogP contribution in [0.4, 0.5) is 0 Å². The number of aromatic nitrogens is 2. The number of ether oxygens (including phenoxy) is 1. The molecule has 1 heterocycles. The summed E-state index contributed by atoms with van der Waals surface area (Å²) in [5, 5.41) is 0. The van der Waals surface area contributed by atoms with Gasteiger partial charge in [0.1, 0.15) is 23.0 Å². The lowest BCUT2D eigenvalue weighted by Crippen LogP contribution is -2.14. The van der Waals surface area contributed by atoms with Crippen LogP contribution in [0.3, 0.4) is 0 Å². The van der Waals surface area contributed by atoms with Crippen LogP contribution in [0.15, 0.2) is 66.9 Å². The van der Waals surface area contributed by atoms with Crippen molar-refractivity contribution in [1.29, 1.82) is 0 Å². The molecule has 5 heteroatoms. The number of rotatable bonds is 5. The Labute approximate surface area is 133 Å². The van der Waals surface area contributed by atoms with Crippen molar-refractivity contribution in [3.63, 3.8) is 0 Å². The van der Waals surface area contributed by atoms with Gasteiger partial charge in [-0.15, -0.1) is 0 Å². The van der Waals surface area contributed by atoms with Crippen LogP contribution in [0, 0.1) is 0 Å². The minimum absolute atomic E-state index is 0.215. The van der Waals surface area contributed by atoms with Gasteiger partial charge in [0.15, 0.2) is 0 Å². The predicted molar refractivity (Wildman–Crippen MR) is 86.3 cm³/mol. The summed E-state index contributed by atoms with van der Waals surface area (Å²) in [7, 11) is 0. The average Bonchev–Trinajstić information content (AvgIpc) is 2.56. The molecule has 0 radical (unpaired) electrons. The molecular formula is C18H15N3O2. The first-order chi connectivity index (χ1) is 11.2. The third-order valence-corrected chi connectivity index (χ3v) is 3.20. The van der Waals surface area contributed by atoms with E-state index in [0.717, 1.165) is 17.1 Å². The first kappa shape index (κ1) is 14.7. The van der Waals surface area contributed by atoms with Gasteiger partial charge in [0, 0.05) is 12.6 Å². The maximum Gasteiger partial charge on any atom is 0.267 e. The Morgan fingerprint density at radius 3 is 2.57 bits per heavy atom. The van der Waals surface area contributed by atoms with Crippen molar-refractivity contribution in [3.05, 3.63) is 83.9 Å². The number of hydrogen-bond donors (Lipinski definition) is 1. The Morgan fingerprint density at radius 1 is 1.00 bits per heavy atom. The van der Waals surface area contributed by atoms with Crippen molar-refractivity contribution < 1.29 is 9.53 Å². The summed E-state index contributed by atoms with van der Waals surface area (Å²) in [6.07, 6.45) is 2.03. The zero-order valence-electron chi connectivity index (χ0n) is 12.3. The Balaban J connectivity index is 1.77. The third kappa shape index (κ3) is 3.91. The lowest BCUT2D eigenvalue weighted by atomic mass is 10.1. The molecule has 114 valence electrons. The molecule has 3 rings (SSSR count). The van der Waals surface area contributed by atoms with E-state index in [1.807, 2.05) is 54.6 Å². The molecule has 0 unspecified atom stereocenters. The monoisotopic (exact) mass is 305 g/mol. The van der Waals surface area contributed by atoms with Crippen molar-refractivity contribution >= 4 is 5.91 Å². The van der Waals surface area contributed by atoms with Crippen molar-refractivity contribution in [3.8, 4) is 11.5 Å². The molecular weight excluding hydrogens is 290 g/mol. The average molecular weight is 305 g/mol. The van der Waals surface area contributed by atoms with E-state index in [1.165, 1.54) is 12.3 Å². The van der Waals surface area contributed by atoms with Crippen LogP contribution < -0.4 is 10.5 Å². The molecule has 0 aliphatic rings. The highest BCUT2D eigenvalue weighted by molar-refractivity contribution is 5.90. The fraction of sp³-hybridized carbons (Fsp3) is 0.0556. The number of nitrogens with zero attached hydrogens (tertiary/aromatic N) is 2. The normalized spacial score (nSPS) is 10.3. The van der Waals surface area contributed by atoms with Gasteiger partial charge in [-0.2, -0.15) is 0 Å².